The van der Waals surface area contributed by atoms with E-state index in [4.69, 9.17) is 0 Å². The largest absolute Gasteiger partial charge is 0.353 e. The summed E-state index contributed by atoms with van der Waals surface area (Å²) >= 11 is 0. The summed E-state index contributed by atoms with van der Waals surface area (Å²) in [6, 6.07) is -0.340. The molecule has 2 N–H and O–H groups in total. The quantitative estimate of drug-likeness (QED) is 0.684. The maximum absolute atomic E-state index is 11.8. The Morgan fingerprint density at radius 2 is 1.88 bits per heavy atom. The highest BCUT2D eigenvalue weighted by molar-refractivity contribution is 6.38. The van der Waals surface area contributed by atoms with Crippen LogP contribution in [-0.4, -0.2) is 30.3 Å². The third kappa shape index (κ3) is 4.31. The Morgan fingerprint density at radius 3 is 2.25 bits per heavy atom. The Bertz CT molecular complexity index is 277. The Hall–Kier alpha value is -0.900. The summed E-state index contributed by atoms with van der Waals surface area (Å²) in [6.07, 6.45) is 3.15. The molecule has 0 radical (unpaired) electrons. The van der Waals surface area contributed by atoms with Crippen molar-refractivity contribution >= 4 is 11.7 Å². The van der Waals surface area contributed by atoms with E-state index in [0.29, 0.717) is 5.92 Å². The predicted octanol–water partition coefficient (Wildman–Crippen LogP) is 0.858. The van der Waals surface area contributed by atoms with E-state index in [1.165, 1.54) is 19.9 Å². The molecule has 1 atom stereocenters. The third-order valence-electron chi connectivity index (χ3n) is 2.64. The summed E-state index contributed by atoms with van der Waals surface area (Å²) in [5, 5.41) is 5.63. The van der Waals surface area contributed by atoms with Crippen LogP contribution in [0.15, 0.2) is 0 Å². The molecule has 1 aliphatic carbocycles. The van der Waals surface area contributed by atoms with E-state index in [-0.39, 0.29) is 17.4 Å². The van der Waals surface area contributed by atoms with Crippen LogP contribution in [0, 0.1) is 5.92 Å². The van der Waals surface area contributed by atoms with Gasteiger partial charge in [-0.05, 0) is 33.1 Å². The highest BCUT2D eigenvalue weighted by Gasteiger charge is 2.33. The van der Waals surface area contributed by atoms with Crippen molar-refractivity contribution in [2.75, 3.05) is 7.05 Å². The minimum atomic E-state index is -0.498. The second kappa shape index (κ2) is 4.95. The SMILES string of the molecule is CNC(=O)C(=O)C(CC1CC1)NC(C)(C)C. The number of carbonyl (C=O) groups is 2. The second-order valence-corrected chi connectivity index (χ2v) is 5.57. The first-order valence-corrected chi connectivity index (χ1v) is 5.87. The van der Waals surface area contributed by atoms with Gasteiger partial charge in [0.2, 0.25) is 5.78 Å². The van der Waals surface area contributed by atoms with Crippen molar-refractivity contribution < 1.29 is 9.59 Å². The second-order valence-electron chi connectivity index (χ2n) is 5.57. The predicted molar refractivity (Wildman–Crippen MR) is 63.1 cm³/mol. The zero-order valence-corrected chi connectivity index (χ0v) is 10.6. The summed E-state index contributed by atoms with van der Waals surface area (Å²) in [6.45, 7) is 6.01. The lowest BCUT2D eigenvalue weighted by molar-refractivity contribution is -0.139. The van der Waals surface area contributed by atoms with Crippen LogP contribution in [0.4, 0.5) is 0 Å². The monoisotopic (exact) mass is 226 g/mol. The number of ketones is 1. The highest BCUT2D eigenvalue weighted by Crippen LogP contribution is 2.34. The van der Waals surface area contributed by atoms with Crippen molar-refractivity contribution in [2.24, 2.45) is 5.92 Å². The average molecular weight is 226 g/mol. The van der Waals surface area contributed by atoms with Gasteiger partial charge in [0, 0.05) is 12.6 Å². The molecule has 1 aliphatic rings. The van der Waals surface area contributed by atoms with Crippen molar-refractivity contribution in [3.63, 3.8) is 0 Å². The maximum Gasteiger partial charge on any atom is 0.288 e. The fourth-order valence-corrected chi connectivity index (χ4v) is 1.72. The molecule has 1 amide bonds. The molecule has 1 fully saturated rings. The first-order valence-electron chi connectivity index (χ1n) is 5.87. The van der Waals surface area contributed by atoms with Crippen molar-refractivity contribution in [3.05, 3.63) is 0 Å². The average Bonchev–Trinajstić information content (AvgIpc) is 2.96. The van der Waals surface area contributed by atoms with Crippen LogP contribution in [-0.2, 0) is 9.59 Å². The smallest absolute Gasteiger partial charge is 0.288 e. The number of likely N-dealkylation sites (N-methyl/N-ethyl adjacent to an activating group) is 1. The normalized spacial score (nSPS) is 18.0. The van der Waals surface area contributed by atoms with E-state index in [1.54, 1.807) is 0 Å². The first-order chi connectivity index (χ1) is 7.33. The molecule has 0 aliphatic heterocycles. The van der Waals surface area contributed by atoms with Gasteiger partial charge >= 0.3 is 0 Å². The molecule has 0 saturated heterocycles. The fourth-order valence-electron chi connectivity index (χ4n) is 1.72. The maximum atomic E-state index is 11.8. The number of carbonyl (C=O) groups excluding carboxylic acids is 2. The van der Waals surface area contributed by atoms with Crippen molar-refractivity contribution in [1.82, 2.24) is 10.6 Å². The Morgan fingerprint density at radius 1 is 1.31 bits per heavy atom. The van der Waals surface area contributed by atoms with Crippen LogP contribution in [0.3, 0.4) is 0 Å². The van der Waals surface area contributed by atoms with Gasteiger partial charge in [-0.1, -0.05) is 12.8 Å². The van der Waals surface area contributed by atoms with Crippen molar-refractivity contribution in [3.8, 4) is 0 Å². The van der Waals surface area contributed by atoms with Crippen LogP contribution >= 0.6 is 0 Å². The van der Waals surface area contributed by atoms with Crippen LogP contribution in [0.1, 0.15) is 40.0 Å². The van der Waals surface area contributed by atoms with Gasteiger partial charge < -0.3 is 10.6 Å². The molecule has 0 aromatic heterocycles. The molecule has 1 saturated carbocycles. The molecular formula is C12H22N2O2. The number of hydrogen-bond acceptors (Lipinski definition) is 3. The highest BCUT2D eigenvalue weighted by atomic mass is 16.2. The lowest BCUT2D eigenvalue weighted by Gasteiger charge is -2.27. The van der Waals surface area contributed by atoms with Crippen LogP contribution in [0.25, 0.3) is 0 Å². The van der Waals surface area contributed by atoms with Crippen LogP contribution < -0.4 is 10.6 Å². The molecule has 1 rings (SSSR count). The Labute approximate surface area is 97.2 Å². The molecule has 16 heavy (non-hydrogen) atoms. The van der Waals surface area contributed by atoms with Gasteiger partial charge in [-0.2, -0.15) is 0 Å². The zero-order valence-electron chi connectivity index (χ0n) is 10.6. The van der Waals surface area contributed by atoms with Gasteiger partial charge in [0.15, 0.2) is 0 Å². The number of Topliss-reactive ketones (excluding diaryl/α,β-unsaturated/α-hetero) is 1. The molecule has 0 spiro atoms. The van der Waals surface area contributed by atoms with E-state index < -0.39 is 5.91 Å². The van der Waals surface area contributed by atoms with Gasteiger partial charge in [0.1, 0.15) is 0 Å². The molecule has 92 valence electrons. The van der Waals surface area contributed by atoms with E-state index in [2.05, 4.69) is 10.6 Å². The molecule has 0 heterocycles. The third-order valence-corrected chi connectivity index (χ3v) is 2.64. The molecule has 1 unspecified atom stereocenters. The van der Waals surface area contributed by atoms with E-state index in [9.17, 15) is 9.59 Å². The molecule has 4 nitrogen and oxygen atoms in total. The number of nitrogens with one attached hydrogen (secondary N) is 2. The number of hydrogen-bond donors (Lipinski definition) is 2. The lowest BCUT2D eigenvalue weighted by Crippen LogP contribution is -2.51. The minimum Gasteiger partial charge on any atom is -0.353 e. The Balaban J connectivity index is 2.61. The number of rotatable bonds is 5. The molecular weight excluding hydrogens is 204 g/mol. The van der Waals surface area contributed by atoms with Crippen LogP contribution in [0.5, 0.6) is 0 Å². The first kappa shape index (κ1) is 13.2. The fraction of sp³-hybridized carbons (Fsp3) is 0.833. The molecule has 0 aromatic carbocycles. The summed E-state index contributed by atoms with van der Waals surface area (Å²) in [4.78, 5) is 23.2. The van der Waals surface area contributed by atoms with Gasteiger partial charge in [0.05, 0.1) is 6.04 Å². The van der Waals surface area contributed by atoms with Gasteiger partial charge in [-0.15, -0.1) is 0 Å². The topological polar surface area (TPSA) is 58.2 Å². The molecule has 4 heteroatoms. The van der Waals surface area contributed by atoms with E-state index >= 15 is 0 Å². The minimum absolute atomic E-state index is 0.150. The standard InChI is InChI=1S/C12H22N2O2/c1-12(2,3)14-9(7-8-5-6-8)10(15)11(16)13-4/h8-9,14H,5-7H2,1-4H3,(H,13,16). The summed E-state index contributed by atoms with van der Waals surface area (Å²) < 4.78 is 0. The molecule has 0 aromatic rings. The van der Waals surface area contributed by atoms with Crippen LogP contribution in [0.2, 0.25) is 0 Å². The Kier molecular flexibility index (Phi) is 4.08. The van der Waals surface area contributed by atoms with Gasteiger partial charge in [0.25, 0.3) is 5.91 Å². The number of amides is 1. The van der Waals surface area contributed by atoms with E-state index in [1.807, 2.05) is 20.8 Å². The zero-order chi connectivity index (χ0) is 12.3. The van der Waals surface area contributed by atoms with Crippen molar-refractivity contribution in [2.45, 2.75) is 51.6 Å². The summed E-state index contributed by atoms with van der Waals surface area (Å²) in [7, 11) is 1.49. The molecule has 0 bridgehead atoms. The summed E-state index contributed by atoms with van der Waals surface area (Å²) in [5.41, 5.74) is -0.150. The van der Waals surface area contributed by atoms with Crippen molar-refractivity contribution in [1.29, 1.82) is 0 Å². The van der Waals surface area contributed by atoms with E-state index in [0.717, 1.165) is 6.42 Å². The van der Waals surface area contributed by atoms with Gasteiger partial charge in [-0.3, -0.25) is 9.59 Å². The van der Waals surface area contributed by atoms with Gasteiger partial charge in [-0.25, -0.2) is 0 Å². The lowest BCUT2D eigenvalue weighted by atomic mass is 10.00. The summed E-state index contributed by atoms with van der Waals surface area (Å²) in [5.74, 6) is -0.222.